The predicted octanol–water partition coefficient (Wildman–Crippen LogP) is 1.76. The van der Waals surface area contributed by atoms with Gasteiger partial charge in [-0.3, -0.25) is 4.79 Å². The van der Waals surface area contributed by atoms with E-state index in [4.69, 9.17) is 11.0 Å². The molecule has 0 saturated heterocycles. The van der Waals surface area contributed by atoms with Crippen LogP contribution in [-0.2, 0) is 4.79 Å². The summed E-state index contributed by atoms with van der Waals surface area (Å²) in [5, 5.41) is 8.60. The van der Waals surface area contributed by atoms with Gasteiger partial charge >= 0.3 is 0 Å². The standard InChI is InChI=1S/C13H25N3O/c1-4-12(9-15)8-13(17)16(7-5-6-14)10-11(2)3/h11-12H,4-5,7-10,15H2,1-3H3. The second kappa shape index (κ2) is 9.00. The Labute approximate surface area is 105 Å². The van der Waals surface area contributed by atoms with Crippen LogP contribution in [0.2, 0.25) is 0 Å². The van der Waals surface area contributed by atoms with E-state index in [1.165, 1.54) is 0 Å². The molecule has 0 heterocycles. The van der Waals surface area contributed by atoms with E-state index in [2.05, 4.69) is 19.9 Å². The summed E-state index contributed by atoms with van der Waals surface area (Å²) in [5.74, 6) is 0.820. The van der Waals surface area contributed by atoms with Crippen molar-refractivity contribution < 1.29 is 4.79 Å². The summed E-state index contributed by atoms with van der Waals surface area (Å²) in [5.41, 5.74) is 5.61. The molecule has 0 radical (unpaired) electrons. The van der Waals surface area contributed by atoms with Crippen LogP contribution in [0, 0.1) is 23.2 Å². The van der Waals surface area contributed by atoms with Gasteiger partial charge in [-0.1, -0.05) is 27.2 Å². The summed E-state index contributed by atoms with van der Waals surface area (Å²) in [4.78, 5) is 13.9. The zero-order valence-corrected chi connectivity index (χ0v) is 11.3. The molecule has 0 aromatic carbocycles. The molecular weight excluding hydrogens is 214 g/mol. The Morgan fingerprint density at radius 3 is 2.53 bits per heavy atom. The van der Waals surface area contributed by atoms with Crippen LogP contribution in [0.15, 0.2) is 0 Å². The number of carbonyl (C=O) groups is 1. The summed E-state index contributed by atoms with van der Waals surface area (Å²) in [6, 6.07) is 2.09. The van der Waals surface area contributed by atoms with Crippen molar-refractivity contribution in [1.29, 1.82) is 5.26 Å². The van der Waals surface area contributed by atoms with Crippen LogP contribution in [-0.4, -0.2) is 30.4 Å². The van der Waals surface area contributed by atoms with Gasteiger partial charge in [0, 0.05) is 19.5 Å². The van der Waals surface area contributed by atoms with Gasteiger partial charge in [0.1, 0.15) is 0 Å². The lowest BCUT2D eigenvalue weighted by molar-refractivity contribution is -0.132. The molecule has 2 N–H and O–H groups in total. The zero-order chi connectivity index (χ0) is 13.3. The van der Waals surface area contributed by atoms with Crippen molar-refractivity contribution in [1.82, 2.24) is 4.90 Å². The van der Waals surface area contributed by atoms with Crippen molar-refractivity contribution in [2.24, 2.45) is 17.6 Å². The van der Waals surface area contributed by atoms with Gasteiger partial charge in [0.05, 0.1) is 12.5 Å². The Kier molecular flexibility index (Phi) is 8.43. The maximum absolute atomic E-state index is 12.1. The second-order valence-electron chi connectivity index (χ2n) is 4.86. The van der Waals surface area contributed by atoms with E-state index in [0.29, 0.717) is 31.8 Å². The summed E-state index contributed by atoms with van der Waals surface area (Å²) in [7, 11) is 0. The fourth-order valence-corrected chi connectivity index (χ4v) is 1.71. The quantitative estimate of drug-likeness (QED) is 0.701. The molecule has 0 bridgehead atoms. The lowest BCUT2D eigenvalue weighted by Crippen LogP contribution is -2.36. The third kappa shape index (κ3) is 6.96. The molecule has 0 aliphatic heterocycles. The Bertz CT molecular complexity index is 254. The van der Waals surface area contributed by atoms with Gasteiger partial charge < -0.3 is 10.6 Å². The van der Waals surface area contributed by atoms with E-state index in [-0.39, 0.29) is 11.8 Å². The normalized spacial score (nSPS) is 12.2. The summed E-state index contributed by atoms with van der Waals surface area (Å²) < 4.78 is 0. The first-order chi connectivity index (χ1) is 8.04. The molecule has 17 heavy (non-hydrogen) atoms. The Morgan fingerprint density at radius 1 is 1.47 bits per heavy atom. The van der Waals surface area contributed by atoms with Gasteiger partial charge in [-0.2, -0.15) is 5.26 Å². The summed E-state index contributed by atoms with van der Waals surface area (Å²) in [6.07, 6.45) is 1.83. The molecule has 0 aliphatic carbocycles. The fraction of sp³-hybridized carbons (Fsp3) is 0.846. The first-order valence-corrected chi connectivity index (χ1v) is 6.39. The molecule has 4 heteroatoms. The molecule has 0 rings (SSSR count). The first-order valence-electron chi connectivity index (χ1n) is 6.39. The van der Waals surface area contributed by atoms with Crippen LogP contribution in [0.25, 0.3) is 0 Å². The van der Waals surface area contributed by atoms with Crippen LogP contribution in [0.4, 0.5) is 0 Å². The Balaban J connectivity index is 4.35. The Hall–Kier alpha value is -1.08. The number of amides is 1. The Morgan fingerprint density at radius 2 is 2.12 bits per heavy atom. The molecule has 1 amide bonds. The number of carbonyl (C=O) groups excluding carboxylic acids is 1. The maximum Gasteiger partial charge on any atom is 0.222 e. The average Bonchev–Trinajstić information content (AvgIpc) is 2.30. The fourth-order valence-electron chi connectivity index (χ4n) is 1.71. The van der Waals surface area contributed by atoms with E-state index in [1.807, 2.05) is 6.92 Å². The topological polar surface area (TPSA) is 70.1 Å². The number of rotatable bonds is 8. The number of hydrogen-bond donors (Lipinski definition) is 1. The zero-order valence-electron chi connectivity index (χ0n) is 11.3. The minimum atomic E-state index is 0.131. The van der Waals surface area contributed by atoms with Crippen molar-refractivity contribution >= 4 is 5.91 Å². The molecule has 98 valence electrons. The highest BCUT2D eigenvalue weighted by Crippen LogP contribution is 2.10. The van der Waals surface area contributed by atoms with Crippen molar-refractivity contribution in [3.63, 3.8) is 0 Å². The minimum absolute atomic E-state index is 0.131. The smallest absolute Gasteiger partial charge is 0.222 e. The van der Waals surface area contributed by atoms with Crippen LogP contribution < -0.4 is 5.73 Å². The monoisotopic (exact) mass is 239 g/mol. The molecular formula is C13H25N3O. The SMILES string of the molecule is CCC(CN)CC(=O)N(CCC#N)CC(C)C. The molecule has 0 fully saturated rings. The molecule has 0 aliphatic rings. The summed E-state index contributed by atoms with van der Waals surface area (Å²) >= 11 is 0. The van der Waals surface area contributed by atoms with Crippen molar-refractivity contribution in [3.8, 4) is 6.07 Å². The van der Waals surface area contributed by atoms with Crippen molar-refractivity contribution in [3.05, 3.63) is 0 Å². The van der Waals surface area contributed by atoms with E-state index >= 15 is 0 Å². The van der Waals surface area contributed by atoms with Crippen molar-refractivity contribution in [2.45, 2.75) is 40.0 Å². The van der Waals surface area contributed by atoms with Crippen LogP contribution in [0.3, 0.4) is 0 Å². The van der Waals surface area contributed by atoms with Crippen LogP contribution >= 0.6 is 0 Å². The lowest BCUT2D eigenvalue weighted by Gasteiger charge is -2.25. The molecule has 0 aromatic rings. The second-order valence-corrected chi connectivity index (χ2v) is 4.86. The molecule has 0 spiro atoms. The average molecular weight is 239 g/mol. The van der Waals surface area contributed by atoms with Gasteiger partial charge in [0.15, 0.2) is 0 Å². The van der Waals surface area contributed by atoms with Gasteiger partial charge in [0.25, 0.3) is 0 Å². The van der Waals surface area contributed by atoms with E-state index in [0.717, 1.165) is 13.0 Å². The van der Waals surface area contributed by atoms with E-state index in [1.54, 1.807) is 4.90 Å². The van der Waals surface area contributed by atoms with E-state index < -0.39 is 0 Å². The number of nitriles is 1. The number of nitrogens with two attached hydrogens (primary N) is 1. The molecule has 1 atom stereocenters. The van der Waals surface area contributed by atoms with Gasteiger partial charge in [-0.15, -0.1) is 0 Å². The molecule has 0 aromatic heterocycles. The van der Waals surface area contributed by atoms with Gasteiger partial charge in [-0.05, 0) is 18.4 Å². The van der Waals surface area contributed by atoms with Gasteiger partial charge in [-0.25, -0.2) is 0 Å². The molecule has 1 unspecified atom stereocenters. The number of nitrogens with zero attached hydrogens (tertiary/aromatic N) is 2. The van der Waals surface area contributed by atoms with Crippen molar-refractivity contribution in [2.75, 3.05) is 19.6 Å². The number of hydrogen-bond acceptors (Lipinski definition) is 3. The van der Waals surface area contributed by atoms with Crippen LogP contribution in [0.5, 0.6) is 0 Å². The predicted molar refractivity (Wildman–Crippen MR) is 69.1 cm³/mol. The largest absolute Gasteiger partial charge is 0.341 e. The highest BCUT2D eigenvalue weighted by Gasteiger charge is 2.18. The highest BCUT2D eigenvalue weighted by atomic mass is 16.2. The molecule has 0 saturated carbocycles. The first kappa shape index (κ1) is 15.9. The van der Waals surface area contributed by atoms with Crippen LogP contribution in [0.1, 0.15) is 40.0 Å². The third-order valence-electron chi connectivity index (χ3n) is 2.81. The highest BCUT2D eigenvalue weighted by molar-refractivity contribution is 5.76. The third-order valence-corrected chi connectivity index (χ3v) is 2.81. The maximum atomic E-state index is 12.1. The minimum Gasteiger partial charge on any atom is -0.341 e. The lowest BCUT2D eigenvalue weighted by atomic mass is 10.0. The molecule has 4 nitrogen and oxygen atoms in total. The summed E-state index contributed by atoms with van der Waals surface area (Å²) in [6.45, 7) is 8.01. The van der Waals surface area contributed by atoms with E-state index in [9.17, 15) is 4.79 Å². The van der Waals surface area contributed by atoms with Gasteiger partial charge in [0.2, 0.25) is 5.91 Å².